The third-order valence-corrected chi connectivity index (χ3v) is 5.03. The number of nitrogens with one attached hydrogen (secondary N) is 1. The molecule has 10 heteroatoms. The molecule has 3 N–H and O–H groups in total. The third-order valence-electron chi connectivity index (χ3n) is 2.90. The molecule has 1 aromatic carbocycles. The van der Waals surface area contributed by atoms with E-state index in [-0.39, 0.29) is 27.8 Å². The summed E-state index contributed by atoms with van der Waals surface area (Å²) in [5.41, 5.74) is 0.384. The lowest BCUT2D eigenvalue weighted by Gasteiger charge is -2.13. The molecule has 7 nitrogen and oxygen atoms in total. The van der Waals surface area contributed by atoms with Gasteiger partial charge in [0.15, 0.2) is 0 Å². The summed E-state index contributed by atoms with van der Waals surface area (Å²) in [5.74, 6) is 0.550. The molecule has 0 saturated carbocycles. The molecular formula is C14H12ClN3O4S2. The lowest BCUT2D eigenvalue weighted by molar-refractivity contribution is 0.108. The van der Waals surface area contributed by atoms with Gasteiger partial charge in [0.1, 0.15) is 10.7 Å². The van der Waals surface area contributed by atoms with Gasteiger partial charge in [0.2, 0.25) is 15.1 Å². The minimum atomic E-state index is -4.09. The molecule has 0 spiro atoms. The Labute approximate surface area is 147 Å². The van der Waals surface area contributed by atoms with E-state index >= 15 is 0 Å². The molecule has 2 rings (SSSR count). The van der Waals surface area contributed by atoms with Crippen molar-refractivity contribution in [2.45, 2.75) is 11.4 Å². The number of hydrogen-bond donors (Lipinski definition) is 2. The minimum Gasteiger partial charge on any atom is -0.467 e. The predicted octanol–water partition coefficient (Wildman–Crippen LogP) is 2.59. The second kappa shape index (κ2) is 7.72. The first-order valence-electron chi connectivity index (χ1n) is 6.49. The number of nitrogens with zero attached hydrogens (tertiary/aromatic N) is 1. The van der Waals surface area contributed by atoms with Crippen LogP contribution in [0.2, 0.25) is 5.02 Å². The number of anilines is 1. The summed E-state index contributed by atoms with van der Waals surface area (Å²) >= 11 is 6.71. The van der Waals surface area contributed by atoms with Gasteiger partial charge in [-0.1, -0.05) is 23.4 Å². The number of rotatable bonds is 6. The highest BCUT2D eigenvalue weighted by Gasteiger charge is 2.21. The van der Waals surface area contributed by atoms with Crippen molar-refractivity contribution in [2.24, 2.45) is 5.14 Å². The van der Waals surface area contributed by atoms with E-state index in [4.69, 9.17) is 26.4 Å². The number of halogens is 1. The Morgan fingerprint density at radius 1 is 1.46 bits per heavy atom. The first-order chi connectivity index (χ1) is 11.3. The number of thioether (sulfide) groups is 1. The van der Waals surface area contributed by atoms with Crippen LogP contribution >= 0.6 is 23.4 Å². The van der Waals surface area contributed by atoms with Crippen LogP contribution in [0.25, 0.3) is 0 Å². The van der Waals surface area contributed by atoms with Gasteiger partial charge >= 0.3 is 0 Å². The van der Waals surface area contributed by atoms with Crippen molar-refractivity contribution < 1.29 is 17.6 Å². The van der Waals surface area contributed by atoms with E-state index < -0.39 is 15.1 Å². The average molecular weight is 386 g/mol. The normalized spacial score (nSPS) is 11.0. The van der Waals surface area contributed by atoms with E-state index in [1.165, 1.54) is 12.3 Å². The van der Waals surface area contributed by atoms with Crippen LogP contribution < -0.4 is 10.5 Å². The van der Waals surface area contributed by atoms with Crippen molar-refractivity contribution in [2.75, 3.05) is 11.1 Å². The van der Waals surface area contributed by atoms with Crippen molar-refractivity contribution in [1.29, 1.82) is 5.26 Å². The first kappa shape index (κ1) is 18.4. The Morgan fingerprint density at radius 2 is 2.21 bits per heavy atom. The minimum absolute atomic E-state index is 0.0650. The molecule has 0 amide bonds. The van der Waals surface area contributed by atoms with E-state index in [0.717, 1.165) is 17.8 Å². The number of nitriles is 1. The molecule has 1 heterocycles. The van der Waals surface area contributed by atoms with Crippen LogP contribution in [0.1, 0.15) is 16.1 Å². The van der Waals surface area contributed by atoms with Crippen LogP contribution in [0.15, 0.2) is 39.8 Å². The fraction of sp³-hybridized carbons (Fsp3) is 0.143. The van der Waals surface area contributed by atoms with Crippen LogP contribution in [-0.2, 0) is 16.6 Å². The molecule has 2 aromatic rings. The second-order valence-corrected chi connectivity index (χ2v) is 7.43. The number of carbonyl (C=O) groups excluding carboxylic acids is 1. The number of furan rings is 1. The van der Waals surface area contributed by atoms with Crippen LogP contribution in [-0.4, -0.2) is 19.3 Å². The largest absolute Gasteiger partial charge is 0.467 e. The highest BCUT2D eigenvalue weighted by atomic mass is 35.5. The fourth-order valence-electron chi connectivity index (χ4n) is 1.86. The molecule has 0 fully saturated rings. The Balaban J connectivity index is 2.41. The Morgan fingerprint density at radius 3 is 2.79 bits per heavy atom. The summed E-state index contributed by atoms with van der Waals surface area (Å²) in [6, 6.07) is 7.70. The van der Waals surface area contributed by atoms with Gasteiger partial charge in [-0.15, -0.1) is 0 Å². The number of benzene rings is 1. The smallest absolute Gasteiger partial charge is 0.239 e. The molecule has 24 heavy (non-hydrogen) atoms. The Hall–Kier alpha value is -1.99. The molecule has 0 atom stereocenters. The zero-order valence-corrected chi connectivity index (χ0v) is 14.5. The van der Waals surface area contributed by atoms with Crippen LogP contribution in [0, 0.1) is 11.3 Å². The topological polar surface area (TPSA) is 126 Å². The van der Waals surface area contributed by atoms with Crippen molar-refractivity contribution in [3.05, 3.63) is 46.9 Å². The predicted molar refractivity (Wildman–Crippen MR) is 91.3 cm³/mol. The molecule has 126 valence electrons. The van der Waals surface area contributed by atoms with Crippen LogP contribution in [0.4, 0.5) is 5.69 Å². The van der Waals surface area contributed by atoms with Gasteiger partial charge in [0.05, 0.1) is 35.2 Å². The van der Waals surface area contributed by atoms with E-state index in [1.54, 1.807) is 12.1 Å². The lowest BCUT2D eigenvalue weighted by Crippen LogP contribution is -2.15. The molecule has 0 bridgehead atoms. The number of nitrogens with two attached hydrogens (primary N) is 1. The van der Waals surface area contributed by atoms with E-state index in [0.29, 0.717) is 11.4 Å². The zero-order valence-electron chi connectivity index (χ0n) is 12.2. The van der Waals surface area contributed by atoms with Crippen molar-refractivity contribution in [3.8, 4) is 6.07 Å². The maximum Gasteiger partial charge on any atom is 0.239 e. The maximum absolute atomic E-state index is 12.2. The van der Waals surface area contributed by atoms with Gasteiger partial charge in [0.25, 0.3) is 0 Å². The monoisotopic (exact) mass is 385 g/mol. The number of carbonyl (C=O) groups is 1. The molecule has 1 aromatic heterocycles. The van der Waals surface area contributed by atoms with Gasteiger partial charge in [-0.05, 0) is 24.3 Å². The number of sulfonamides is 1. The van der Waals surface area contributed by atoms with Crippen LogP contribution in [0.5, 0.6) is 0 Å². The standard InChI is InChI=1S/C14H12ClN3O4S2/c15-11-7-12(18-8-9-2-1-4-22-9)10(14(19)23-5-3-16)6-13(11)24(17,20)21/h1-2,4,6-7,18H,5,8H2,(H2,17,20,21). The Bertz CT molecular complexity index is 889. The fourth-order valence-corrected chi connectivity index (χ4v) is 3.48. The van der Waals surface area contributed by atoms with Crippen LogP contribution in [0.3, 0.4) is 0 Å². The Kier molecular flexibility index (Phi) is 5.90. The summed E-state index contributed by atoms with van der Waals surface area (Å²) in [5, 5.41) is 16.1. The number of primary sulfonamides is 1. The van der Waals surface area contributed by atoms with Gasteiger partial charge in [-0.3, -0.25) is 4.79 Å². The molecular weight excluding hydrogens is 374 g/mol. The molecule has 0 aliphatic heterocycles. The lowest BCUT2D eigenvalue weighted by atomic mass is 10.2. The molecule has 0 unspecified atom stereocenters. The van der Waals surface area contributed by atoms with Gasteiger partial charge in [0, 0.05) is 5.69 Å². The van der Waals surface area contributed by atoms with E-state index in [1.807, 2.05) is 6.07 Å². The zero-order chi connectivity index (χ0) is 17.7. The van der Waals surface area contributed by atoms with E-state index in [9.17, 15) is 13.2 Å². The summed E-state index contributed by atoms with van der Waals surface area (Å²) in [4.78, 5) is 11.9. The first-order valence-corrected chi connectivity index (χ1v) is 9.40. The quantitative estimate of drug-likeness (QED) is 0.782. The summed E-state index contributed by atoms with van der Waals surface area (Å²) in [6.45, 7) is 0.265. The molecule has 0 aliphatic carbocycles. The summed E-state index contributed by atoms with van der Waals surface area (Å²) in [6.07, 6.45) is 1.50. The van der Waals surface area contributed by atoms with E-state index in [2.05, 4.69) is 5.32 Å². The van der Waals surface area contributed by atoms with Gasteiger partial charge in [-0.25, -0.2) is 13.6 Å². The second-order valence-electron chi connectivity index (χ2n) is 4.54. The summed E-state index contributed by atoms with van der Waals surface area (Å²) < 4.78 is 28.4. The molecule has 0 saturated heterocycles. The highest BCUT2D eigenvalue weighted by molar-refractivity contribution is 8.14. The number of hydrogen-bond acceptors (Lipinski definition) is 7. The maximum atomic E-state index is 12.2. The third kappa shape index (κ3) is 4.52. The molecule has 0 aliphatic rings. The SMILES string of the molecule is N#CCSC(=O)c1cc(S(N)(=O)=O)c(Cl)cc1NCc1ccco1. The van der Waals surface area contributed by atoms with Crippen molar-refractivity contribution >= 4 is 44.2 Å². The highest BCUT2D eigenvalue weighted by Crippen LogP contribution is 2.31. The van der Waals surface area contributed by atoms with Crippen molar-refractivity contribution in [1.82, 2.24) is 0 Å². The van der Waals surface area contributed by atoms with Crippen molar-refractivity contribution in [3.63, 3.8) is 0 Å². The molecule has 0 radical (unpaired) electrons. The average Bonchev–Trinajstić information content (AvgIpc) is 3.02. The van der Waals surface area contributed by atoms with Gasteiger partial charge in [-0.2, -0.15) is 5.26 Å². The summed E-state index contributed by atoms with van der Waals surface area (Å²) in [7, 11) is -4.09. The van der Waals surface area contributed by atoms with Gasteiger partial charge < -0.3 is 9.73 Å².